The molecule has 3 unspecified atom stereocenters. The Hall–Kier alpha value is -1.78. The van der Waals surface area contributed by atoms with Crippen LogP contribution in [0.15, 0.2) is 4.99 Å². The van der Waals surface area contributed by atoms with Crippen LogP contribution in [0, 0.1) is 10.8 Å². The van der Waals surface area contributed by atoms with Gasteiger partial charge in [0.1, 0.15) is 0 Å². The number of alkyl carbamates (subject to hydrolysis) is 1. The van der Waals surface area contributed by atoms with Crippen molar-refractivity contribution >= 4 is 26.9 Å². The Morgan fingerprint density at radius 3 is 2.20 bits per heavy atom. The van der Waals surface area contributed by atoms with Gasteiger partial charge < -0.3 is 28.6 Å². The zero-order valence-electron chi connectivity index (χ0n) is 22.5. The molecule has 35 heavy (non-hydrogen) atoms. The highest BCUT2D eigenvalue weighted by Crippen LogP contribution is 2.46. The van der Waals surface area contributed by atoms with Crippen molar-refractivity contribution in [3.63, 3.8) is 0 Å². The number of hydrogen-bond acceptors (Lipinski definition) is 8. The summed E-state index contributed by atoms with van der Waals surface area (Å²) in [5.74, 6) is -0.373. The van der Waals surface area contributed by atoms with Crippen molar-refractivity contribution in [3.05, 3.63) is 0 Å². The second-order valence-corrected chi connectivity index (χ2v) is 12.9. The molecule has 0 aromatic rings. The molecule has 0 radical (unpaired) electrons. The summed E-state index contributed by atoms with van der Waals surface area (Å²) < 4.78 is 22.7. The predicted octanol–water partition coefficient (Wildman–Crippen LogP) is 3.58. The average Bonchev–Trinajstić information content (AvgIpc) is 2.74. The molecular formula is C24H45N3O7Si. The third-order valence-corrected chi connectivity index (χ3v) is 9.17. The number of carbonyl (C=O) groups is 2. The number of isocyanates is 1. The molecule has 10 nitrogen and oxygen atoms in total. The maximum Gasteiger partial charge on any atom is 0.500 e. The third kappa shape index (κ3) is 11.2. The number of nitrogens with zero attached hydrogens (tertiary/aromatic N) is 1. The molecule has 2 N–H and O–H groups in total. The van der Waals surface area contributed by atoms with E-state index in [1.54, 1.807) is 6.08 Å². The Labute approximate surface area is 211 Å². The van der Waals surface area contributed by atoms with Crippen LogP contribution in [-0.4, -0.2) is 71.9 Å². The molecule has 202 valence electrons. The highest BCUT2D eigenvalue weighted by Gasteiger charge is 2.42. The zero-order chi connectivity index (χ0) is 26.5. The molecule has 0 aromatic heterocycles. The summed E-state index contributed by atoms with van der Waals surface area (Å²) in [6.07, 6.45) is 3.05. The number of hydrogen-bond donors (Lipinski definition) is 2. The van der Waals surface area contributed by atoms with Gasteiger partial charge in [0, 0.05) is 39.0 Å². The fraction of sp³-hybridized carbons (Fsp3) is 0.875. The summed E-state index contributed by atoms with van der Waals surface area (Å²) in [7, 11) is -2.75. The fourth-order valence-corrected chi connectivity index (χ4v) is 7.69. The summed E-state index contributed by atoms with van der Waals surface area (Å²) in [4.78, 5) is 39.4. The molecule has 0 spiro atoms. The molecule has 0 aromatic carbocycles. The van der Waals surface area contributed by atoms with Gasteiger partial charge in [0.25, 0.3) is 5.91 Å². The second-order valence-electron chi connectivity index (χ2n) is 10.2. The van der Waals surface area contributed by atoms with Crippen molar-refractivity contribution in [2.45, 2.75) is 92.3 Å². The van der Waals surface area contributed by atoms with E-state index in [1.165, 1.54) is 6.92 Å². The van der Waals surface area contributed by atoms with E-state index in [9.17, 15) is 14.4 Å². The van der Waals surface area contributed by atoms with Crippen LogP contribution in [0.3, 0.4) is 0 Å². The lowest BCUT2D eigenvalue weighted by Crippen LogP contribution is -2.47. The van der Waals surface area contributed by atoms with Gasteiger partial charge in [-0.3, -0.25) is 4.79 Å². The summed E-state index contributed by atoms with van der Waals surface area (Å²) in [6, 6.07) is 0.474. The summed E-state index contributed by atoms with van der Waals surface area (Å²) in [6.45, 7) is 15.8. The Kier molecular flexibility index (Phi) is 13.1. The van der Waals surface area contributed by atoms with Crippen molar-refractivity contribution in [1.29, 1.82) is 0 Å². The highest BCUT2D eigenvalue weighted by molar-refractivity contribution is 6.60. The van der Waals surface area contributed by atoms with Gasteiger partial charge in [0.2, 0.25) is 6.08 Å². The molecule has 1 saturated carbocycles. The fourth-order valence-electron chi connectivity index (χ4n) is 5.08. The lowest BCUT2D eigenvalue weighted by molar-refractivity contribution is -0.128. The van der Waals surface area contributed by atoms with Crippen molar-refractivity contribution in [2.75, 3.05) is 32.9 Å². The van der Waals surface area contributed by atoms with Gasteiger partial charge in [0.15, 0.2) is 6.10 Å². The number of aliphatic imine (C=N–C) groups is 1. The first-order valence-electron chi connectivity index (χ1n) is 12.6. The van der Waals surface area contributed by atoms with Crippen LogP contribution in [0.25, 0.3) is 0 Å². The number of rotatable bonds is 15. The summed E-state index contributed by atoms with van der Waals surface area (Å²) >= 11 is 0. The average molecular weight is 516 g/mol. The van der Waals surface area contributed by atoms with Crippen LogP contribution < -0.4 is 10.6 Å². The smallest absolute Gasteiger partial charge is 0.436 e. The van der Waals surface area contributed by atoms with E-state index in [1.807, 2.05) is 20.8 Å². The van der Waals surface area contributed by atoms with Crippen LogP contribution >= 0.6 is 0 Å². The Morgan fingerprint density at radius 2 is 1.66 bits per heavy atom. The SMILES string of the molecule is CCO[Si](CCCNC(=O)C(C)OC(=O)NCC1(C)CC(N=C=O)CC(C)(C)C1)(OCC)OCC. The largest absolute Gasteiger partial charge is 0.500 e. The van der Waals surface area contributed by atoms with E-state index in [4.69, 9.17) is 18.0 Å². The topological polar surface area (TPSA) is 125 Å². The first-order chi connectivity index (χ1) is 16.4. The van der Waals surface area contributed by atoms with Crippen molar-refractivity contribution < 1.29 is 32.4 Å². The zero-order valence-corrected chi connectivity index (χ0v) is 23.5. The molecule has 1 rings (SSSR count). The molecule has 0 saturated heterocycles. The van der Waals surface area contributed by atoms with Crippen molar-refractivity contribution in [1.82, 2.24) is 10.6 Å². The van der Waals surface area contributed by atoms with E-state index in [-0.39, 0.29) is 22.8 Å². The minimum Gasteiger partial charge on any atom is -0.436 e. The van der Waals surface area contributed by atoms with Gasteiger partial charge in [-0.2, -0.15) is 0 Å². The molecule has 0 heterocycles. The maximum atomic E-state index is 12.4. The number of carbonyl (C=O) groups excluding carboxylic acids is 3. The normalized spacial score (nSPS) is 22.5. The lowest BCUT2D eigenvalue weighted by atomic mass is 9.63. The standard InChI is InChI=1S/C24H45N3O7Si/c1-8-31-35(32-9-2,33-10-3)13-11-12-25-21(29)19(4)34-22(30)26-17-24(7)15-20(27-18-28)14-23(5,6)16-24/h19-20H,8-17H2,1-7H3,(H,25,29)(H,26,30). The van der Waals surface area contributed by atoms with Crippen molar-refractivity contribution in [2.24, 2.45) is 15.8 Å². The number of nitrogens with one attached hydrogen (secondary N) is 2. The molecule has 11 heteroatoms. The predicted molar refractivity (Wildman–Crippen MR) is 135 cm³/mol. The molecule has 3 atom stereocenters. The highest BCUT2D eigenvalue weighted by atomic mass is 28.4. The van der Waals surface area contributed by atoms with Crippen LogP contribution in [0.1, 0.15) is 74.1 Å². The molecule has 0 aliphatic heterocycles. The maximum absolute atomic E-state index is 12.4. The van der Waals surface area contributed by atoms with Gasteiger partial charge in [-0.1, -0.05) is 20.8 Å². The van der Waals surface area contributed by atoms with Gasteiger partial charge in [-0.25, -0.2) is 14.6 Å². The van der Waals surface area contributed by atoms with Crippen LogP contribution in [0.5, 0.6) is 0 Å². The van der Waals surface area contributed by atoms with Gasteiger partial charge in [-0.05, 0) is 64.2 Å². The molecule has 1 aliphatic rings. The number of amides is 2. The van der Waals surface area contributed by atoms with E-state index < -0.39 is 21.0 Å². The molecular weight excluding hydrogens is 470 g/mol. The minimum atomic E-state index is -2.75. The monoisotopic (exact) mass is 515 g/mol. The van der Waals surface area contributed by atoms with E-state index >= 15 is 0 Å². The van der Waals surface area contributed by atoms with Crippen LogP contribution in [0.2, 0.25) is 6.04 Å². The Bertz CT molecular complexity index is 713. The van der Waals surface area contributed by atoms with Crippen molar-refractivity contribution in [3.8, 4) is 0 Å². The molecule has 0 bridgehead atoms. The van der Waals surface area contributed by atoms with Crippen LogP contribution in [0.4, 0.5) is 4.79 Å². The van der Waals surface area contributed by atoms with Gasteiger partial charge >= 0.3 is 14.9 Å². The van der Waals surface area contributed by atoms with E-state index in [0.717, 1.165) is 12.8 Å². The first-order valence-corrected chi connectivity index (χ1v) is 14.6. The van der Waals surface area contributed by atoms with Gasteiger partial charge in [-0.15, -0.1) is 0 Å². The third-order valence-electron chi connectivity index (χ3n) is 6.02. The summed E-state index contributed by atoms with van der Waals surface area (Å²) in [5, 5.41) is 5.58. The van der Waals surface area contributed by atoms with E-state index in [0.29, 0.717) is 51.8 Å². The number of ether oxygens (including phenoxy) is 1. The molecule has 2 amide bonds. The lowest BCUT2D eigenvalue weighted by Gasteiger charge is -2.45. The van der Waals surface area contributed by atoms with Crippen LogP contribution in [-0.2, 0) is 27.6 Å². The Balaban J connectivity index is 2.48. The summed E-state index contributed by atoms with van der Waals surface area (Å²) in [5.41, 5.74) is -0.251. The second kappa shape index (κ2) is 14.7. The quantitative estimate of drug-likeness (QED) is 0.148. The Morgan fingerprint density at radius 1 is 1.06 bits per heavy atom. The van der Waals surface area contributed by atoms with Gasteiger partial charge in [0.05, 0.1) is 6.04 Å². The van der Waals surface area contributed by atoms with E-state index in [2.05, 4.69) is 36.4 Å². The molecule has 1 aliphatic carbocycles. The molecule has 1 fully saturated rings. The minimum absolute atomic E-state index is 0.0102. The first kappa shape index (κ1) is 31.2.